The molecule has 3 aliphatic rings. The van der Waals surface area contributed by atoms with Crippen LogP contribution in [0.5, 0.6) is 5.88 Å². The number of aliphatic hydroxyl groups excluding tert-OH is 1. The van der Waals surface area contributed by atoms with Crippen molar-refractivity contribution in [1.82, 2.24) is 44.2 Å². The molecule has 5 atom stereocenters. The summed E-state index contributed by atoms with van der Waals surface area (Å²) >= 11 is 1.58. The zero-order valence-electron chi connectivity index (χ0n) is 44.3. The monoisotopic (exact) mass is 1120 g/mol. The number of fused-ring (bicyclic) bond motifs is 1. The van der Waals surface area contributed by atoms with Gasteiger partial charge in [-0.05, 0) is 73.2 Å². The van der Waals surface area contributed by atoms with Gasteiger partial charge in [0.2, 0.25) is 23.5 Å². The van der Waals surface area contributed by atoms with Crippen LogP contribution in [0.4, 0.5) is 24.5 Å². The maximum atomic E-state index is 15.8. The number of ether oxygens (including phenoxy) is 1. The molecule has 3 aromatic carbocycles. The molecule has 4 aromatic heterocycles. The van der Waals surface area contributed by atoms with Gasteiger partial charge in [-0.25, -0.2) is 27.8 Å². The summed E-state index contributed by atoms with van der Waals surface area (Å²) in [6.07, 6.45) is 0.849. The molecule has 416 valence electrons. The summed E-state index contributed by atoms with van der Waals surface area (Å²) < 4.78 is 81.3. The number of aliphatic hydroxyl groups is 1. The molecule has 3 aliphatic heterocycles. The Morgan fingerprint density at radius 2 is 1.66 bits per heavy atom. The van der Waals surface area contributed by atoms with E-state index in [-0.39, 0.29) is 55.3 Å². The van der Waals surface area contributed by atoms with Crippen LogP contribution < -0.4 is 19.7 Å². The Labute approximate surface area is 459 Å². The van der Waals surface area contributed by atoms with Crippen molar-refractivity contribution < 1.29 is 45.8 Å². The van der Waals surface area contributed by atoms with Gasteiger partial charge in [-0.3, -0.25) is 24.0 Å². The molecule has 23 heteroatoms. The van der Waals surface area contributed by atoms with Crippen molar-refractivity contribution in [3.8, 4) is 27.4 Å². The normalized spacial score (nSPS) is 19.1. The quantitative estimate of drug-likeness (QED) is 0.0621. The number of hydrogen-bond acceptors (Lipinski definition) is 13. The zero-order chi connectivity index (χ0) is 55.9. The van der Waals surface area contributed by atoms with E-state index in [1.165, 1.54) is 11.1 Å². The zero-order valence-corrected chi connectivity index (χ0v) is 46.0. The van der Waals surface area contributed by atoms with E-state index in [0.717, 1.165) is 75.6 Å². The summed E-state index contributed by atoms with van der Waals surface area (Å²) in [5, 5.41) is 18.9. The number of carbonyl (C=O) groups is 3. The van der Waals surface area contributed by atoms with Crippen LogP contribution in [0.3, 0.4) is 0 Å². The molecule has 3 saturated heterocycles. The van der Waals surface area contributed by atoms with Gasteiger partial charge in [0.05, 0.1) is 51.1 Å². The maximum Gasteiger partial charge on any atom is 0.301 e. The second-order valence-corrected chi connectivity index (χ2v) is 23.3. The lowest BCUT2D eigenvalue weighted by atomic mass is 9.90. The number of rotatable bonds is 18. The number of H-pyrrole nitrogens is 1. The Kier molecular flexibility index (Phi) is 16.0. The largest absolute Gasteiger partial charge is 0.476 e. The number of alkyl halides is 1. The summed E-state index contributed by atoms with van der Waals surface area (Å²) in [6, 6.07) is 19.8. The van der Waals surface area contributed by atoms with Gasteiger partial charge in [0.25, 0.3) is 0 Å². The number of piperazine rings is 1. The van der Waals surface area contributed by atoms with Gasteiger partial charge in [0.1, 0.15) is 30.3 Å². The number of pyridine rings is 1. The van der Waals surface area contributed by atoms with Crippen molar-refractivity contribution in [1.29, 1.82) is 0 Å². The number of benzene rings is 3. The molecule has 0 aliphatic carbocycles. The molecule has 79 heavy (non-hydrogen) atoms. The van der Waals surface area contributed by atoms with Crippen LogP contribution in [-0.4, -0.2) is 147 Å². The molecule has 2 amide bonds. The number of halogens is 3. The van der Waals surface area contributed by atoms with Crippen molar-refractivity contribution in [2.45, 2.75) is 70.8 Å². The minimum absolute atomic E-state index is 0.00721. The summed E-state index contributed by atoms with van der Waals surface area (Å²) in [5.74, 6) is -4.55. The van der Waals surface area contributed by atoms with E-state index in [9.17, 15) is 32.3 Å². The lowest BCUT2D eigenvalue weighted by Crippen LogP contribution is -2.48. The number of hydrogen-bond donors (Lipinski definition) is 4. The minimum Gasteiger partial charge on any atom is -0.476 e. The first-order valence-electron chi connectivity index (χ1n) is 26.3. The molecule has 3 fully saturated rings. The average molecular weight is 1120 g/mol. The summed E-state index contributed by atoms with van der Waals surface area (Å²) in [4.78, 5) is 60.9. The number of ketones is 1. The number of nitrogens with one attached hydrogen (secondary N) is 3. The minimum atomic E-state index is -4.38. The second-order valence-electron chi connectivity index (χ2n) is 20.8. The number of aromatic nitrogens is 5. The Bertz CT molecular complexity index is 3490. The van der Waals surface area contributed by atoms with E-state index >= 15 is 8.78 Å². The number of carbonyl (C=O) groups excluding carboxylic acids is 3. The number of likely N-dealkylation sites (tertiary alicyclic amines) is 1. The van der Waals surface area contributed by atoms with Crippen molar-refractivity contribution in [2.75, 3.05) is 68.6 Å². The van der Waals surface area contributed by atoms with Crippen LogP contribution in [0, 0.1) is 24.5 Å². The third-order valence-electron chi connectivity index (χ3n) is 15.1. The predicted octanol–water partition coefficient (Wildman–Crippen LogP) is 7.38. The Morgan fingerprint density at radius 1 is 0.924 bits per heavy atom. The SMILES string of the molecule is Cc1ncsc1-c1ccc(C(C)NC(=O)[C@@H]2C[C@@H](O)CN2C(=O)C(c2cc(OCCN3CCN(c4ccc(-c5cnc6[nH]cc(C(=O)c7c(F)ccc(NS(=O)(=O)N8CC[C@@H](F)C8)c7F)c6c5)cc4)CC3)n(C)n2)C(C)C)cc1. The van der Waals surface area contributed by atoms with Crippen LogP contribution in [0.25, 0.3) is 32.6 Å². The fourth-order valence-electron chi connectivity index (χ4n) is 10.7. The summed E-state index contributed by atoms with van der Waals surface area (Å²) in [7, 11) is -2.61. The third-order valence-corrected chi connectivity index (χ3v) is 17.6. The van der Waals surface area contributed by atoms with Crippen LogP contribution in [-0.2, 0) is 26.8 Å². The smallest absolute Gasteiger partial charge is 0.301 e. The van der Waals surface area contributed by atoms with E-state index in [0.29, 0.717) is 41.3 Å². The van der Waals surface area contributed by atoms with Gasteiger partial charge in [0.15, 0.2) is 5.82 Å². The van der Waals surface area contributed by atoms with Gasteiger partial charge in [-0.1, -0.05) is 50.2 Å². The van der Waals surface area contributed by atoms with Gasteiger partial charge < -0.3 is 29.9 Å². The number of anilines is 2. The lowest BCUT2D eigenvalue weighted by molar-refractivity contribution is -0.140. The summed E-state index contributed by atoms with van der Waals surface area (Å²) in [6.45, 7) is 11.4. The highest BCUT2D eigenvalue weighted by molar-refractivity contribution is 7.90. The number of thiazole rings is 1. The topological polar surface area (TPSA) is 211 Å². The first kappa shape index (κ1) is 55.1. The highest BCUT2D eigenvalue weighted by Gasteiger charge is 2.43. The Hall–Kier alpha value is -7.18. The Morgan fingerprint density at radius 3 is 2.34 bits per heavy atom. The molecule has 0 radical (unpaired) electrons. The number of amides is 2. The molecule has 10 rings (SSSR count). The molecule has 7 heterocycles. The average Bonchev–Trinajstić information content (AvgIpc) is 4.47. The standard InChI is InChI=1S/C56H62F3N11O7S2/c1-32(2)49(56(74)70-30-41(71)25-47(70)55(73)63-33(3)35-6-8-37(9-7-35)53-34(4)62-31-78-53)46-26-48(66(5)64-46)77-23-22-67-18-20-68(21-19-67)40-12-10-36(11-13-40)38-24-42-43(28-61-54(42)60-27-38)52(72)50-44(58)14-15-45(51(50)59)65-79(75,76)69-17-16-39(57)29-69/h6-15,24,26-28,31-33,39,41,47,49,65,71H,16-23,25,29-30H2,1-5H3,(H,60,61)(H,63,73)/t33?,39-,41-,47+,49?/m1/s1. The van der Waals surface area contributed by atoms with Crippen LogP contribution in [0.15, 0.2) is 90.7 Å². The maximum absolute atomic E-state index is 15.8. The summed E-state index contributed by atoms with van der Waals surface area (Å²) in [5.41, 5.74) is 6.37. The number of β-amino-alcohol motifs (C(OH)–C–C–N with tert-alkyl or cyclic N) is 1. The van der Waals surface area contributed by atoms with Gasteiger partial charge in [-0.15, -0.1) is 11.3 Å². The van der Waals surface area contributed by atoms with Crippen LogP contribution >= 0.6 is 11.3 Å². The highest BCUT2D eigenvalue weighted by Crippen LogP contribution is 2.35. The molecule has 2 unspecified atom stereocenters. The molecule has 0 saturated carbocycles. The third kappa shape index (κ3) is 11.6. The predicted molar refractivity (Wildman–Crippen MR) is 295 cm³/mol. The molecular formula is C56H62F3N11O7S2. The van der Waals surface area contributed by atoms with Crippen LogP contribution in [0.1, 0.15) is 78.4 Å². The number of aromatic amines is 1. The molecule has 18 nitrogen and oxygen atoms in total. The second kappa shape index (κ2) is 22.9. The molecule has 4 N–H and O–H groups in total. The van der Waals surface area contributed by atoms with Crippen molar-refractivity contribution in [2.24, 2.45) is 13.0 Å². The fourth-order valence-corrected chi connectivity index (χ4v) is 12.8. The van der Waals surface area contributed by atoms with Crippen molar-refractivity contribution >= 4 is 61.6 Å². The van der Waals surface area contributed by atoms with Crippen molar-refractivity contribution in [3.05, 3.63) is 130 Å². The molecular weight excluding hydrogens is 1060 g/mol. The van der Waals surface area contributed by atoms with Crippen LogP contribution in [0.2, 0.25) is 0 Å². The van der Waals surface area contributed by atoms with Gasteiger partial charge in [0, 0.05) is 106 Å². The van der Waals surface area contributed by atoms with E-state index in [4.69, 9.17) is 9.84 Å². The van der Waals surface area contributed by atoms with E-state index < -0.39 is 69.7 Å². The van der Waals surface area contributed by atoms with E-state index in [1.54, 1.807) is 41.4 Å². The molecule has 7 aromatic rings. The lowest BCUT2D eigenvalue weighted by Gasteiger charge is -2.36. The fraction of sp³-hybridized carbons (Fsp3) is 0.393. The number of aryl methyl sites for hydroxylation is 2. The van der Waals surface area contributed by atoms with E-state index in [1.807, 2.05) is 86.5 Å². The van der Waals surface area contributed by atoms with Gasteiger partial charge >= 0.3 is 10.2 Å². The van der Waals surface area contributed by atoms with E-state index in [2.05, 4.69) is 30.1 Å². The molecule has 0 spiro atoms. The first-order valence-corrected chi connectivity index (χ1v) is 28.6. The Balaban J connectivity index is 0.720. The number of nitrogens with zero attached hydrogens (tertiary/aromatic N) is 8. The van der Waals surface area contributed by atoms with Gasteiger partial charge in [-0.2, -0.15) is 17.8 Å². The highest BCUT2D eigenvalue weighted by atomic mass is 32.2. The van der Waals surface area contributed by atoms with Crippen molar-refractivity contribution in [3.63, 3.8) is 0 Å². The molecule has 0 bridgehead atoms. The first-order chi connectivity index (χ1) is 37.8.